The van der Waals surface area contributed by atoms with E-state index >= 15 is 0 Å². The maximum Gasteiger partial charge on any atom is 0.158 e. The summed E-state index contributed by atoms with van der Waals surface area (Å²) in [5, 5.41) is 4.06. The average molecular weight is 253 g/mol. The van der Waals surface area contributed by atoms with Gasteiger partial charge in [0.1, 0.15) is 17.8 Å². The van der Waals surface area contributed by atoms with Gasteiger partial charge in [0, 0.05) is 12.3 Å². The Labute approximate surface area is 111 Å². The summed E-state index contributed by atoms with van der Waals surface area (Å²) in [6.45, 7) is 6.29. The minimum absolute atomic E-state index is 0.770. The van der Waals surface area contributed by atoms with E-state index in [1.54, 1.807) is 4.52 Å². The fourth-order valence-corrected chi connectivity index (χ4v) is 2.03. The van der Waals surface area contributed by atoms with E-state index in [2.05, 4.69) is 36.9 Å². The van der Waals surface area contributed by atoms with Crippen molar-refractivity contribution in [3.63, 3.8) is 0 Å². The molecule has 0 unspecified atom stereocenters. The summed E-state index contributed by atoms with van der Waals surface area (Å²) in [6, 6.07) is 7.84. The lowest BCUT2D eigenvalue weighted by molar-refractivity contribution is 0.477. The maximum atomic E-state index is 5.94. The van der Waals surface area contributed by atoms with E-state index in [-0.39, 0.29) is 0 Å². The maximum absolute atomic E-state index is 5.94. The first-order chi connectivity index (χ1) is 9.15. The Bertz CT molecular complexity index is 746. The lowest BCUT2D eigenvalue weighted by Gasteiger charge is -2.12. The first-order valence-corrected chi connectivity index (χ1v) is 6.19. The van der Waals surface area contributed by atoms with Crippen molar-refractivity contribution in [2.75, 3.05) is 0 Å². The Morgan fingerprint density at radius 1 is 1.05 bits per heavy atom. The van der Waals surface area contributed by atoms with E-state index in [0.29, 0.717) is 0 Å². The summed E-state index contributed by atoms with van der Waals surface area (Å²) in [5.74, 6) is 1.65. The van der Waals surface area contributed by atoms with Crippen LogP contribution in [0.5, 0.6) is 11.5 Å². The Hall–Kier alpha value is -2.36. The molecule has 0 saturated heterocycles. The number of pyridine rings is 1. The fraction of sp³-hybridized carbons (Fsp3) is 0.200. The van der Waals surface area contributed by atoms with Gasteiger partial charge < -0.3 is 4.74 Å². The van der Waals surface area contributed by atoms with Crippen LogP contribution in [0.25, 0.3) is 5.65 Å². The van der Waals surface area contributed by atoms with E-state index in [9.17, 15) is 0 Å². The summed E-state index contributed by atoms with van der Waals surface area (Å²) >= 11 is 0. The fourth-order valence-electron chi connectivity index (χ4n) is 2.03. The van der Waals surface area contributed by atoms with Gasteiger partial charge in [-0.2, -0.15) is 5.10 Å². The summed E-state index contributed by atoms with van der Waals surface area (Å²) in [5.41, 5.74) is 4.49. The zero-order valence-corrected chi connectivity index (χ0v) is 11.2. The van der Waals surface area contributed by atoms with Crippen LogP contribution in [-0.4, -0.2) is 14.6 Å². The molecule has 0 aliphatic rings. The molecule has 19 heavy (non-hydrogen) atoms. The molecular weight excluding hydrogens is 238 g/mol. The standard InChI is InChI=1S/C15H15N3O/c1-10-4-5-14(12(3)11(10)2)19-13-6-7-18-15(8-13)16-9-17-18/h4-9H,1-3H3. The molecule has 0 radical (unpaired) electrons. The van der Waals surface area contributed by atoms with Gasteiger partial charge in [-0.05, 0) is 49.6 Å². The average Bonchev–Trinajstić information content (AvgIpc) is 2.87. The number of aromatic nitrogens is 3. The van der Waals surface area contributed by atoms with Crippen LogP contribution in [0.1, 0.15) is 16.7 Å². The molecule has 0 spiro atoms. The van der Waals surface area contributed by atoms with Crippen LogP contribution < -0.4 is 4.74 Å². The van der Waals surface area contributed by atoms with Crippen molar-refractivity contribution in [1.82, 2.24) is 14.6 Å². The number of nitrogens with zero attached hydrogens (tertiary/aromatic N) is 3. The van der Waals surface area contributed by atoms with E-state index in [1.807, 2.05) is 24.4 Å². The summed E-state index contributed by atoms with van der Waals surface area (Å²) in [6.07, 6.45) is 3.37. The first-order valence-electron chi connectivity index (χ1n) is 6.19. The lowest BCUT2D eigenvalue weighted by atomic mass is 10.0. The number of hydrogen-bond donors (Lipinski definition) is 0. The molecule has 4 heteroatoms. The number of ether oxygens (including phenoxy) is 1. The van der Waals surface area contributed by atoms with Crippen molar-refractivity contribution < 1.29 is 4.74 Å². The van der Waals surface area contributed by atoms with E-state index in [4.69, 9.17) is 4.74 Å². The quantitative estimate of drug-likeness (QED) is 0.702. The Kier molecular flexibility index (Phi) is 2.71. The molecule has 0 saturated carbocycles. The molecule has 3 rings (SSSR count). The van der Waals surface area contributed by atoms with Crippen molar-refractivity contribution in [2.45, 2.75) is 20.8 Å². The predicted molar refractivity (Wildman–Crippen MR) is 73.7 cm³/mol. The third-order valence-corrected chi connectivity index (χ3v) is 3.49. The highest BCUT2D eigenvalue weighted by molar-refractivity contribution is 5.48. The predicted octanol–water partition coefficient (Wildman–Crippen LogP) is 3.45. The van der Waals surface area contributed by atoms with Crippen molar-refractivity contribution in [3.05, 3.63) is 53.5 Å². The third-order valence-electron chi connectivity index (χ3n) is 3.49. The van der Waals surface area contributed by atoms with Crippen molar-refractivity contribution in [3.8, 4) is 11.5 Å². The smallest absolute Gasteiger partial charge is 0.158 e. The lowest BCUT2D eigenvalue weighted by Crippen LogP contribution is -1.94. The molecule has 3 aromatic rings. The van der Waals surface area contributed by atoms with Gasteiger partial charge >= 0.3 is 0 Å². The largest absolute Gasteiger partial charge is 0.457 e. The van der Waals surface area contributed by atoms with E-state index in [1.165, 1.54) is 23.0 Å². The SMILES string of the molecule is Cc1ccc(Oc2ccn3ncnc3c2)c(C)c1C. The molecule has 0 N–H and O–H groups in total. The number of hydrogen-bond acceptors (Lipinski definition) is 3. The summed E-state index contributed by atoms with van der Waals surface area (Å²) < 4.78 is 7.65. The Balaban J connectivity index is 1.98. The molecule has 2 heterocycles. The van der Waals surface area contributed by atoms with Crippen molar-refractivity contribution in [2.24, 2.45) is 0 Å². The first kappa shape index (κ1) is 11.7. The van der Waals surface area contributed by atoms with Crippen LogP contribution in [0.3, 0.4) is 0 Å². The number of fused-ring (bicyclic) bond motifs is 1. The normalized spacial score (nSPS) is 10.9. The highest BCUT2D eigenvalue weighted by Crippen LogP contribution is 2.28. The van der Waals surface area contributed by atoms with E-state index < -0.39 is 0 Å². The van der Waals surface area contributed by atoms with Crippen LogP contribution in [0.15, 0.2) is 36.8 Å². The van der Waals surface area contributed by atoms with Gasteiger partial charge in [-0.3, -0.25) is 0 Å². The van der Waals surface area contributed by atoms with Crippen LogP contribution in [-0.2, 0) is 0 Å². The van der Waals surface area contributed by atoms with Crippen molar-refractivity contribution >= 4 is 5.65 Å². The molecule has 2 aromatic heterocycles. The van der Waals surface area contributed by atoms with Gasteiger partial charge in [0.15, 0.2) is 5.65 Å². The van der Waals surface area contributed by atoms with Crippen LogP contribution in [0, 0.1) is 20.8 Å². The molecule has 0 bridgehead atoms. The minimum Gasteiger partial charge on any atom is -0.457 e. The van der Waals surface area contributed by atoms with Gasteiger partial charge in [-0.25, -0.2) is 9.50 Å². The molecule has 0 atom stereocenters. The summed E-state index contributed by atoms with van der Waals surface area (Å²) in [4.78, 5) is 4.15. The molecule has 0 aliphatic heterocycles. The minimum atomic E-state index is 0.770. The molecular formula is C15H15N3O. The topological polar surface area (TPSA) is 39.4 Å². The molecule has 0 aliphatic carbocycles. The molecule has 0 amide bonds. The van der Waals surface area contributed by atoms with Crippen LogP contribution >= 0.6 is 0 Å². The second-order valence-corrected chi connectivity index (χ2v) is 4.66. The summed E-state index contributed by atoms with van der Waals surface area (Å²) in [7, 11) is 0. The molecule has 96 valence electrons. The van der Waals surface area contributed by atoms with Crippen LogP contribution in [0.2, 0.25) is 0 Å². The van der Waals surface area contributed by atoms with Gasteiger partial charge in [0.2, 0.25) is 0 Å². The number of aryl methyl sites for hydroxylation is 1. The Morgan fingerprint density at radius 3 is 2.74 bits per heavy atom. The Morgan fingerprint density at radius 2 is 1.89 bits per heavy atom. The molecule has 1 aromatic carbocycles. The van der Waals surface area contributed by atoms with Gasteiger partial charge in [-0.15, -0.1) is 0 Å². The highest BCUT2D eigenvalue weighted by atomic mass is 16.5. The second kappa shape index (κ2) is 4.39. The van der Waals surface area contributed by atoms with Crippen molar-refractivity contribution in [1.29, 1.82) is 0 Å². The van der Waals surface area contributed by atoms with Gasteiger partial charge in [0.25, 0.3) is 0 Å². The number of rotatable bonds is 2. The molecule has 0 fully saturated rings. The monoisotopic (exact) mass is 253 g/mol. The van der Waals surface area contributed by atoms with Crippen LogP contribution in [0.4, 0.5) is 0 Å². The van der Waals surface area contributed by atoms with E-state index in [0.717, 1.165) is 17.1 Å². The second-order valence-electron chi connectivity index (χ2n) is 4.66. The van der Waals surface area contributed by atoms with Gasteiger partial charge in [-0.1, -0.05) is 6.07 Å². The highest BCUT2D eigenvalue weighted by Gasteiger charge is 2.07. The number of benzene rings is 1. The molecule has 4 nitrogen and oxygen atoms in total. The zero-order valence-electron chi connectivity index (χ0n) is 11.2. The zero-order chi connectivity index (χ0) is 13.4. The third kappa shape index (κ3) is 2.05. The van der Waals surface area contributed by atoms with Gasteiger partial charge in [0.05, 0.1) is 0 Å².